The second-order valence-corrected chi connectivity index (χ2v) is 7.93. The van der Waals surface area contributed by atoms with Crippen molar-refractivity contribution in [1.82, 2.24) is 15.3 Å². The number of carbonyl (C=O) groups excluding carboxylic acids is 1. The molecule has 4 rings (SSSR count). The number of nitrogens with one attached hydrogen (secondary N) is 2. The number of aliphatic carboxylic acids is 1. The summed E-state index contributed by atoms with van der Waals surface area (Å²) in [5.74, 6) is -5.34. The molecule has 1 atom stereocenters. The second kappa shape index (κ2) is 7.95. The van der Waals surface area contributed by atoms with Crippen molar-refractivity contribution in [3.8, 4) is 0 Å². The molecule has 1 unspecified atom stereocenters. The Kier molecular flexibility index (Phi) is 5.32. The first kappa shape index (κ1) is 20.7. The van der Waals surface area contributed by atoms with Crippen LogP contribution < -0.4 is 10.9 Å². The van der Waals surface area contributed by atoms with Crippen LogP contribution in [0.2, 0.25) is 0 Å². The first-order valence-corrected chi connectivity index (χ1v) is 10.1. The molecule has 158 valence electrons. The van der Waals surface area contributed by atoms with Crippen molar-refractivity contribution >= 4 is 34.7 Å². The lowest BCUT2D eigenvalue weighted by atomic mass is 9.92. The Labute approximate surface area is 178 Å². The minimum atomic E-state index is -1.38. The van der Waals surface area contributed by atoms with Crippen molar-refractivity contribution in [3.63, 3.8) is 0 Å². The summed E-state index contributed by atoms with van der Waals surface area (Å²) in [7, 11) is 0. The van der Waals surface area contributed by atoms with Crippen molar-refractivity contribution < 1.29 is 23.5 Å². The van der Waals surface area contributed by atoms with Crippen LogP contribution in [-0.4, -0.2) is 32.7 Å². The number of carbonyl (C=O) groups is 2. The topological polar surface area (TPSA) is 112 Å². The number of benzene rings is 2. The van der Waals surface area contributed by atoms with Gasteiger partial charge in [0.2, 0.25) is 0 Å². The molecule has 1 aromatic heterocycles. The molecule has 3 aromatic rings. The van der Waals surface area contributed by atoms with Gasteiger partial charge in [0.25, 0.3) is 11.5 Å². The number of nitrogens with zero attached hydrogens (tertiary/aromatic N) is 1. The summed E-state index contributed by atoms with van der Waals surface area (Å²) < 4.78 is 28.5. The van der Waals surface area contributed by atoms with Crippen molar-refractivity contribution in [1.29, 1.82) is 0 Å². The summed E-state index contributed by atoms with van der Waals surface area (Å²) in [5.41, 5.74) is -0.637. The molecule has 0 spiro atoms. The molecule has 7 nitrogen and oxygen atoms in total. The van der Waals surface area contributed by atoms with Crippen LogP contribution in [0.1, 0.15) is 27.5 Å². The zero-order chi connectivity index (χ0) is 22.3. The van der Waals surface area contributed by atoms with Crippen molar-refractivity contribution in [2.45, 2.75) is 12.8 Å². The minimum Gasteiger partial charge on any atom is -0.478 e. The van der Waals surface area contributed by atoms with Gasteiger partial charge in [-0.2, -0.15) is 0 Å². The van der Waals surface area contributed by atoms with Crippen LogP contribution >= 0.6 is 11.8 Å². The third-order valence-corrected chi connectivity index (χ3v) is 6.05. The normalized spacial score (nSPS) is 16.0. The Morgan fingerprint density at radius 2 is 1.94 bits per heavy atom. The molecular formula is C21H15F2N3O4S. The third kappa shape index (κ3) is 3.70. The molecule has 0 bridgehead atoms. The molecule has 2 heterocycles. The van der Waals surface area contributed by atoms with Gasteiger partial charge in [0.05, 0.1) is 21.6 Å². The van der Waals surface area contributed by atoms with Gasteiger partial charge in [-0.05, 0) is 30.2 Å². The maximum atomic E-state index is 14.5. The van der Waals surface area contributed by atoms with Gasteiger partial charge in [0, 0.05) is 11.7 Å². The van der Waals surface area contributed by atoms with E-state index in [0.717, 1.165) is 11.8 Å². The molecule has 0 radical (unpaired) electrons. The number of hydrogen-bond donors (Lipinski definition) is 3. The van der Waals surface area contributed by atoms with E-state index < -0.39 is 40.7 Å². The molecule has 0 saturated carbocycles. The van der Waals surface area contributed by atoms with Crippen LogP contribution in [0.3, 0.4) is 0 Å². The summed E-state index contributed by atoms with van der Waals surface area (Å²) in [6, 6.07) is 9.33. The Balaban J connectivity index is 1.71. The highest BCUT2D eigenvalue weighted by Crippen LogP contribution is 2.42. The summed E-state index contributed by atoms with van der Waals surface area (Å²) in [6.45, 7) is 1.40. The predicted octanol–water partition coefficient (Wildman–Crippen LogP) is 3.07. The summed E-state index contributed by atoms with van der Waals surface area (Å²) >= 11 is 0.971. The highest BCUT2D eigenvalue weighted by Gasteiger charge is 2.36. The standard InChI is InChI=1S/C21H15F2N3O4S/c1-9-6-7-10(16(23)15(9)22)11-8-31-20(14(11)21(29)30)26-19(28)17-18(27)25-13-5-3-2-4-12(13)24-17/h2-7,11H,8H2,1H3,(H,25,27)(H,26,28)(H,29,30). The number of aromatic nitrogens is 2. The fourth-order valence-corrected chi connectivity index (χ4v) is 4.59. The fourth-order valence-electron chi connectivity index (χ4n) is 3.36. The molecule has 3 N–H and O–H groups in total. The number of rotatable bonds is 4. The average molecular weight is 443 g/mol. The van der Waals surface area contributed by atoms with E-state index in [4.69, 9.17) is 0 Å². The molecule has 0 saturated heterocycles. The predicted molar refractivity (Wildman–Crippen MR) is 111 cm³/mol. The number of aryl methyl sites for hydroxylation is 1. The highest BCUT2D eigenvalue weighted by atomic mass is 32.2. The van der Waals surface area contributed by atoms with Gasteiger partial charge in [-0.25, -0.2) is 18.6 Å². The van der Waals surface area contributed by atoms with Gasteiger partial charge in [-0.3, -0.25) is 9.59 Å². The Morgan fingerprint density at radius 3 is 2.68 bits per heavy atom. The van der Waals surface area contributed by atoms with E-state index in [0.29, 0.717) is 11.0 Å². The lowest BCUT2D eigenvalue weighted by molar-refractivity contribution is -0.132. The van der Waals surface area contributed by atoms with Crippen LogP contribution in [0, 0.1) is 18.6 Å². The number of halogens is 2. The number of thioether (sulfide) groups is 1. The Bertz CT molecular complexity index is 1340. The van der Waals surface area contributed by atoms with E-state index in [1.807, 2.05) is 0 Å². The number of aromatic amines is 1. The maximum absolute atomic E-state index is 14.5. The molecular weight excluding hydrogens is 428 g/mol. The second-order valence-electron chi connectivity index (χ2n) is 6.90. The van der Waals surface area contributed by atoms with Crippen LogP contribution in [-0.2, 0) is 4.79 Å². The zero-order valence-corrected chi connectivity index (χ0v) is 16.8. The van der Waals surface area contributed by atoms with Crippen LogP contribution in [0.25, 0.3) is 11.0 Å². The Hall–Kier alpha value is -3.53. The monoisotopic (exact) mass is 443 g/mol. The van der Waals surface area contributed by atoms with Gasteiger partial charge in [0.15, 0.2) is 17.3 Å². The van der Waals surface area contributed by atoms with Gasteiger partial charge >= 0.3 is 5.97 Å². The number of H-pyrrole nitrogens is 1. The zero-order valence-electron chi connectivity index (χ0n) is 16.0. The Morgan fingerprint density at radius 1 is 1.19 bits per heavy atom. The first-order valence-electron chi connectivity index (χ1n) is 9.13. The van der Waals surface area contributed by atoms with Gasteiger partial charge in [0.1, 0.15) is 0 Å². The van der Waals surface area contributed by atoms with Gasteiger partial charge in [-0.1, -0.05) is 24.3 Å². The summed E-state index contributed by atoms with van der Waals surface area (Å²) in [5, 5.41) is 12.0. The molecule has 10 heteroatoms. The number of fused-ring (bicyclic) bond motifs is 1. The number of carboxylic acids is 1. The number of carboxylic acid groups (broad SMARTS) is 1. The third-order valence-electron chi connectivity index (χ3n) is 4.94. The SMILES string of the molecule is Cc1ccc(C2CSC(NC(=O)c3nc4ccccc4[nH]c3=O)=C2C(=O)O)c(F)c1F. The van der Waals surface area contributed by atoms with Gasteiger partial charge in [-0.15, -0.1) is 11.8 Å². The lowest BCUT2D eigenvalue weighted by Gasteiger charge is -2.14. The van der Waals surface area contributed by atoms with Gasteiger partial charge < -0.3 is 15.4 Å². The first-order chi connectivity index (χ1) is 14.8. The highest BCUT2D eigenvalue weighted by molar-refractivity contribution is 8.03. The minimum absolute atomic E-state index is 0.0442. The largest absolute Gasteiger partial charge is 0.478 e. The maximum Gasteiger partial charge on any atom is 0.334 e. The number of para-hydroxylation sites is 2. The molecule has 0 fully saturated rings. The molecule has 2 aromatic carbocycles. The van der Waals surface area contributed by atoms with E-state index in [2.05, 4.69) is 15.3 Å². The van der Waals surface area contributed by atoms with Crippen molar-refractivity contribution in [3.05, 3.63) is 85.8 Å². The molecule has 1 amide bonds. The number of hydrogen-bond acceptors (Lipinski definition) is 5. The molecule has 1 aliphatic heterocycles. The van der Waals surface area contributed by atoms with Crippen molar-refractivity contribution in [2.24, 2.45) is 0 Å². The van der Waals surface area contributed by atoms with Crippen LogP contribution in [0.15, 0.2) is 51.8 Å². The fraction of sp³-hybridized carbons (Fsp3) is 0.143. The lowest BCUT2D eigenvalue weighted by Crippen LogP contribution is -2.30. The number of amides is 1. The van der Waals surface area contributed by atoms with E-state index in [1.165, 1.54) is 19.1 Å². The smallest absolute Gasteiger partial charge is 0.334 e. The van der Waals surface area contributed by atoms with E-state index >= 15 is 0 Å². The summed E-state index contributed by atoms with van der Waals surface area (Å²) in [4.78, 5) is 43.4. The quantitative estimate of drug-likeness (QED) is 0.571. The molecule has 0 aliphatic carbocycles. The van der Waals surface area contributed by atoms with Crippen LogP contribution in [0.5, 0.6) is 0 Å². The average Bonchev–Trinajstić information content (AvgIpc) is 3.15. The molecule has 31 heavy (non-hydrogen) atoms. The molecule has 1 aliphatic rings. The van der Waals surface area contributed by atoms with E-state index in [9.17, 15) is 28.3 Å². The van der Waals surface area contributed by atoms with Crippen LogP contribution in [0.4, 0.5) is 8.78 Å². The van der Waals surface area contributed by atoms with E-state index in [1.54, 1.807) is 24.3 Å². The summed E-state index contributed by atoms with van der Waals surface area (Å²) in [6.07, 6.45) is 0. The van der Waals surface area contributed by atoms with E-state index in [-0.39, 0.29) is 27.5 Å². The van der Waals surface area contributed by atoms with Crippen molar-refractivity contribution in [2.75, 3.05) is 5.75 Å².